The van der Waals surface area contributed by atoms with E-state index in [1.165, 1.54) is 0 Å². The van der Waals surface area contributed by atoms with Gasteiger partial charge in [-0.05, 0) is 18.2 Å². The van der Waals surface area contributed by atoms with E-state index < -0.39 is 0 Å². The number of methoxy groups -OCH3 is 2. The van der Waals surface area contributed by atoms with Crippen molar-refractivity contribution in [3.63, 3.8) is 0 Å². The van der Waals surface area contributed by atoms with Gasteiger partial charge in [-0.2, -0.15) is 0 Å². The molecule has 25 heavy (non-hydrogen) atoms. The van der Waals surface area contributed by atoms with Crippen molar-refractivity contribution in [1.29, 1.82) is 0 Å². The highest BCUT2D eigenvalue weighted by Crippen LogP contribution is 2.25. The van der Waals surface area contributed by atoms with Crippen LogP contribution in [-0.2, 0) is 6.54 Å². The Morgan fingerprint density at radius 3 is 2.80 bits per heavy atom. The normalized spacial score (nSPS) is 11.1. The van der Waals surface area contributed by atoms with E-state index in [-0.39, 0.29) is 5.56 Å². The lowest BCUT2D eigenvalue weighted by atomic mass is 10.2. The van der Waals surface area contributed by atoms with Crippen LogP contribution in [-0.4, -0.2) is 33.2 Å². The van der Waals surface area contributed by atoms with Gasteiger partial charge < -0.3 is 9.47 Å². The molecule has 0 saturated heterocycles. The number of rotatable bonds is 4. The van der Waals surface area contributed by atoms with Crippen LogP contribution < -0.4 is 15.0 Å². The van der Waals surface area contributed by atoms with Crippen LogP contribution in [0.3, 0.4) is 0 Å². The first-order valence-electron chi connectivity index (χ1n) is 7.73. The summed E-state index contributed by atoms with van der Waals surface area (Å²) in [6.45, 7) is 0.331. The summed E-state index contributed by atoms with van der Waals surface area (Å²) < 4.78 is 14.2. The molecule has 0 amide bonds. The van der Waals surface area contributed by atoms with E-state index in [1.54, 1.807) is 43.4 Å². The van der Waals surface area contributed by atoms with E-state index >= 15 is 0 Å². The van der Waals surface area contributed by atoms with Crippen molar-refractivity contribution in [3.05, 3.63) is 65.0 Å². The summed E-state index contributed by atoms with van der Waals surface area (Å²) >= 11 is 0. The number of pyridine rings is 1. The van der Waals surface area contributed by atoms with Crippen molar-refractivity contribution < 1.29 is 9.47 Å². The van der Waals surface area contributed by atoms with E-state index in [0.717, 1.165) is 11.1 Å². The standard InChI is InChI=1S/C18H16N4O3/c1-24-13-4-3-12(16(9-13)25-2)11-22-17(23)14-10-19-6-5-15(14)21-8-7-20-18(21)22/h3-10H,11H2,1-2H3. The number of imidazole rings is 1. The summed E-state index contributed by atoms with van der Waals surface area (Å²) in [6, 6.07) is 7.33. The number of hydrogen-bond acceptors (Lipinski definition) is 5. The molecule has 0 saturated carbocycles. The molecular weight excluding hydrogens is 320 g/mol. The van der Waals surface area contributed by atoms with Gasteiger partial charge in [0.2, 0.25) is 5.78 Å². The fraction of sp³-hybridized carbons (Fsp3) is 0.167. The van der Waals surface area contributed by atoms with Crippen LogP contribution in [0.5, 0.6) is 11.5 Å². The minimum Gasteiger partial charge on any atom is -0.497 e. The number of fused-ring (bicyclic) bond motifs is 3. The maximum absolute atomic E-state index is 13.0. The fourth-order valence-corrected chi connectivity index (χ4v) is 2.98. The van der Waals surface area contributed by atoms with Crippen molar-refractivity contribution in [2.75, 3.05) is 14.2 Å². The Labute approximate surface area is 143 Å². The van der Waals surface area contributed by atoms with Crippen LogP contribution in [0.4, 0.5) is 0 Å². The lowest BCUT2D eigenvalue weighted by Gasteiger charge is -2.14. The van der Waals surface area contributed by atoms with Crippen LogP contribution in [0.2, 0.25) is 0 Å². The molecule has 1 aromatic carbocycles. The highest BCUT2D eigenvalue weighted by molar-refractivity contribution is 5.79. The molecule has 0 atom stereocenters. The van der Waals surface area contributed by atoms with Gasteiger partial charge in [-0.3, -0.25) is 18.7 Å². The zero-order valence-corrected chi connectivity index (χ0v) is 13.8. The summed E-state index contributed by atoms with van der Waals surface area (Å²) in [5.41, 5.74) is 1.50. The molecular formula is C18H16N4O3. The molecule has 126 valence electrons. The quantitative estimate of drug-likeness (QED) is 0.571. The molecule has 0 unspecified atom stereocenters. The van der Waals surface area contributed by atoms with Crippen LogP contribution in [0.25, 0.3) is 16.7 Å². The zero-order valence-electron chi connectivity index (χ0n) is 13.8. The van der Waals surface area contributed by atoms with Gasteiger partial charge in [0.25, 0.3) is 5.56 Å². The zero-order chi connectivity index (χ0) is 17.4. The Balaban J connectivity index is 1.94. The van der Waals surface area contributed by atoms with Gasteiger partial charge in [0.15, 0.2) is 0 Å². The Bertz CT molecular complexity index is 1130. The Kier molecular flexibility index (Phi) is 3.61. The number of benzene rings is 1. The summed E-state index contributed by atoms with van der Waals surface area (Å²) in [7, 11) is 3.19. The predicted octanol–water partition coefficient (Wildman–Crippen LogP) is 2.11. The van der Waals surface area contributed by atoms with Gasteiger partial charge >= 0.3 is 0 Å². The molecule has 0 aliphatic rings. The molecule has 0 bridgehead atoms. The highest BCUT2D eigenvalue weighted by atomic mass is 16.5. The monoisotopic (exact) mass is 336 g/mol. The lowest BCUT2D eigenvalue weighted by Crippen LogP contribution is -2.24. The second kappa shape index (κ2) is 5.94. The lowest BCUT2D eigenvalue weighted by molar-refractivity contribution is 0.390. The molecule has 3 heterocycles. The van der Waals surface area contributed by atoms with E-state index in [2.05, 4.69) is 9.97 Å². The Morgan fingerprint density at radius 2 is 2.00 bits per heavy atom. The van der Waals surface area contributed by atoms with E-state index in [0.29, 0.717) is 29.2 Å². The molecule has 7 heteroatoms. The van der Waals surface area contributed by atoms with Gasteiger partial charge in [0.1, 0.15) is 11.5 Å². The molecule has 3 aromatic heterocycles. The average Bonchev–Trinajstić information content (AvgIpc) is 3.15. The SMILES string of the molecule is COc1ccc(Cn2c(=O)c3cnccc3n3ccnc23)c(OC)c1. The van der Waals surface area contributed by atoms with Gasteiger partial charge in [-0.1, -0.05) is 0 Å². The predicted molar refractivity (Wildman–Crippen MR) is 93.4 cm³/mol. The summed E-state index contributed by atoms with van der Waals surface area (Å²) in [6.07, 6.45) is 6.76. The van der Waals surface area contributed by atoms with E-state index in [9.17, 15) is 4.79 Å². The molecule has 0 aliphatic heterocycles. The molecule has 0 fully saturated rings. The van der Waals surface area contributed by atoms with Gasteiger partial charge in [-0.25, -0.2) is 4.98 Å². The van der Waals surface area contributed by atoms with Crippen LogP contribution in [0.1, 0.15) is 5.56 Å². The first-order chi connectivity index (χ1) is 12.2. The number of aromatic nitrogens is 4. The minimum absolute atomic E-state index is 0.139. The molecule has 0 aliphatic carbocycles. The average molecular weight is 336 g/mol. The van der Waals surface area contributed by atoms with Crippen molar-refractivity contribution in [2.45, 2.75) is 6.54 Å². The number of nitrogens with zero attached hydrogens (tertiary/aromatic N) is 4. The third-order valence-corrected chi connectivity index (χ3v) is 4.22. The molecule has 4 aromatic rings. The third kappa shape index (κ3) is 2.40. The van der Waals surface area contributed by atoms with Crippen molar-refractivity contribution in [1.82, 2.24) is 18.9 Å². The molecule has 0 radical (unpaired) electrons. The van der Waals surface area contributed by atoms with Gasteiger partial charge in [0.05, 0.1) is 31.7 Å². The van der Waals surface area contributed by atoms with Gasteiger partial charge in [0, 0.05) is 36.4 Å². The molecule has 0 spiro atoms. The van der Waals surface area contributed by atoms with Crippen LogP contribution >= 0.6 is 0 Å². The summed E-state index contributed by atoms with van der Waals surface area (Å²) in [5.74, 6) is 1.92. The first kappa shape index (κ1) is 15.2. The topological polar surface area (TPSA) is 70.7 Å². The second-order valence-electron chi connectivity index (χ2n) is 5.56. The van der Waals surface area contributed by atoms with Crippen molar-refractivity contribution in [3.8, 4) is 11.5 Å². The van der Waals surface area contributed by atoms with E-state index in [1.807, 2.05) is 28.8 Å². The van der Waals surface area contributed by atoms with Crippen LogP contribution in [0.15, 0.2) is 53.8 Å². The summed E-state index contributed by atoms with van der Waals surface area (Å²) in [5, 5.41) is 0.542. The molecule has 0 N–H and O–H groups in total. The van der Waals surface area contributed by atoms with Crippen molar-refractivity contribution >= 4 is 16.7 Å². The maximum atomic E-state index is 13.0. The fourth-order valence-electron chi connectivity index (χ4n) is 2.98. The smallest absolute Gasteiger partial charge is 0.264 e. The molecule has 7 nitrogen and oxygen atoms in total. The summed E-state index contributed by atoms with van der Waals surface area (Å²) in [4.78, 5) is 21.4. The Hall–Kier alpha value is -3.35. The largest absolute Gasteiger partial charge is 0.497 e. The number of hydrogen-bond donors (Lipinski definition) is 0. The highest BCUT2D eigenvalue weighted by Gasteiger charge is 2.14. The van der Waals surface area contributed by atoms with Gasteiger partial charge in [-0.15, -0.1) is 0 Å². The minimum atomic E-state index is -0.139. The van der Waals surface area contributed by atoms with Crippen LogP contribution in [0, 0.1) is 0 Å². The second-order valence-corrected chi connectivity index (χ2v) is 5.56. The van der Waals surface area contributed by atoms with E-state index in [4.69, 9.17) is 9.47 Å². The third-order valence-electron chi connectivity index (χ3n) is 4.22. The first-order valence-corrected chi connectivity index (χ1v) is 7.73. The maximum Gasteiger partial charge on any atom is 0.264 e. The Morgan fingerprint density at radius 1 is 1.12 bits per heavy atom. The number of ether oxygens (including phenoxy) is 2. The molecule has 4 rings (SSSR count). The van der Waals surface area contributed by atoms with Crippen molar-refractivity contribution in [2.24, 2.45) is 0 Å².